The molecule has 0 aliphatic carbocycles. The van der Waals surface area contributed by atoms with Gasteiger partial charge in [0.2, 0.25) is 0 Å². The Balaban J connectivity index is 4.66. The van der Waals surface area contributed by atoms with Crippen molar-refractivity contribution in [1.82, 2.24) is 5.32 Å². The summed E-state index contributed by atoms with van der Waals surface area (Å²) in [5.74, 6) is 0. The molecule has 0 aliphatic heterocycles. The van der Waals surface area contributed by atoms with Crippen LogP contribution >= 0.6 is 6.72 Å². The summed E-state index contributed by atoms with van der Waals surface area (Å²) in [6, 6.07) is 0. The first kappa shape index (κ1) is 10.1. The minimum atomic E-state index is -3.96. The fourth-order valence-electron chi connectivity index (χ4n) is 0.259. The van der Waals surface area contributed by atoms with E-state index in [9.17, 15) is 4.79 Å². The van der Waals surface area contributed by atoms with E-state index in [0.29, 0.717) is 0 Å². The lowest BCUT2D eigenvalue weighted by molar-refractivity contribution is 0.262. The number of rotatable bonds is 0. The van der Waals surface area contributed by atoms with Crippen LogP contribution in [0.5, 0.6) is 0 Å². The lowest BCUT2D eigenvalue weighted by Gasteiger charge is -2.07. The standard InChI is InChI=1S/C3H10NO4PS/c1-4-3(5)10(2)9(6,7)8/h6-8H,1-2H3,(H,4,5). The highest BCUT2D eigenvalue weighted by Crippen LogP contribution is 2.35. The number of hydrogen-bond donors (Lipinski definition) is 4. The summed E-state index contributed by atoms with van der Waals surface area (Å²) in [6.07, 6.45) is 1.27. The predicted molar refractivity (Wildman–Crippen MR) is 41.3 cm³/mol. The third-order valence-corrected chi connectivity index (χ3v) is 5.02. The molecule has 0 aliphatic rings. The van der Waals surface area contributed by atoms with E-state index in [-0.39, 0.29) is 0 Å². The van der Waals surface area contributed by atoms with Crippen molar-refractivity contribution < 1.29 is 19.5 Å². The first-order valence-electron chi connectivity index (χ1n) is 2.35. The second-order valence-corrected chi connectivity index (χ2v) is 6.99. The molecule has 0 saturated heterocycles. The monoisotopic (exact) mass is 187 g/mol. The SMILES string of the molecule is CNC(=O)S(C)=P(O)(O)O. The molecule has 0 aromatic rings. The number of nitrogens with one attached hydrogen (secondary N) is 1. The van der Waals surface area contributed by atoms with E-state index < -0.39 is 22.0 Å². The molecule has 0 fully saturated rings. The van der Waals surface area contributed by atoms with Crippen LogP contribution in [0.15, 0.2) is 0 Å². The molecular weight excluding hydrogens is 177 g/mol. The van der Waals surface area contributed by atoms with Gasteiger partial charge < -0.3 is 20.0 Å². The molecule has 0 spiro atoms. The average Bonchev–Trinajstić information content (AvgIpc) is 1.83. The van der Waals surface area contributed by atoms with Crippen LogP contribution in [-0.2, 0) is 10.1 Å². The van der Waals surface area contributed by atoms with Crippen LogP contribution in [0.25, 0.3) is 0 Å². The third-order valence-electron chi connectivity index (χ3n) is 0.840. The highest BCUT2D eigenvalue weighted by molar-refractivity contribution is 8.35. The van der Waals surface area contributed by atoms with Crippen LogP contribution < -0.4 is 5.32 Å². The van der Waals surface area contributed by atoms with Crippen LogP contribution in [0.2, 0.25) is 0 Å². The first-order valence-corrected chi connectivity index (χ1v) is 6.23. The van der Waals surface area contributed by atoms with Crippen LogP contribution in [0.4, 0.5) is 4.79 Å². The average molecular weight is 187 g/mol. The summed E-state index contributed by atoms with van der Waals surface area (Å²) in [5.41, 5.74) is 0. The summed E-state index contributed by atoms with van der Waals surface area (Å²) in [7, 11) is -0.0417. The summed E-state index contributed by atoms with van der Waals surface area (Å²) in [5, 5.41) is 1.64. The highest BCUT2D eigenvalue weighted by atomic mass is 32.5. The normalized spacial score (nSPS) is 14.5. The van der Waals surface area contributed by atoms with Gasteiger partial charge in [-0.25, -0.2) is 0 Å². The van der Waals surface area contributed by atoms with Gasteiger partial charge in [0.25, 0.3) is 12.0 Å². The molecule has 1 atom stereocenters. The van der Waals surface area contributed by atoms with Crippen molar-refractivity contribution in [1.29, 1.82) is 0 Å². The molecule has 0 heterocycles. The quantitative estimate of drug-likeness (QED) is 0.375. The lowest BCUT2D eigenvalue weighted by atomic mass is 11.2. The van der Waals surface area contributed by atoms with Crippen LogP contribution in [0, 0.1) is 0 Å². The molecule has 0 bridgehead atoms. The van der Waals surface area contributed by atoms with Gasteiger partial charge in [-0.15, -0.1) is 0 Å². The molecule has 0 rings (SSSR count). The minimum absolute atomic E-state index is 0.555. The minimum Gasteiger partial charge on any atom is -0.350 e. The van der Waals surface area contributed by atoms with E-state index in [1.807, 2.05) is 0 Å². The predicted octanol–water partition coefficient (Wildman–Crippen LogP) is -0.772. The van der Waals surface area contributed by atoms with E-state index in [2.05, 4.69) is 5.32 Å². The van der Waals surface area contributed by atoms with E-state index >= 15 is 0 Å². The van der Waals surface area contributed by atoms with Gasteiger partial charge in [-0.1, -0.05) is 0 Å². The van der Waals surface area contributed by atoms with Gasteiger partial charge in [-0.2, -0.15) is 0 Å². The molecule has 4 N–H and O–H groups in total. The largest absolute Gasteiger partial charge is 0.350 e. The van der Waals surface area contributed by atoms with Crippen molar-refractivity contribution in [2.45, 2.75) is 0 Å². The van der Waals surface area contributed by atoms with E-state index in [0.717, 1.165) is 0 Å². The molecule has 0 aromatic carbocycles. The summed E-state index contributed by atoms with van der Waals surface area (Å²) < 4.78 is 0. The fraction of sp³-hybridized carbons (Fsp3) is 0.667. The Bertz CT molecular complexity index is 188. The molecular formula is C3H10NO4PS. The Kier molecular flexibility index (Phi) is 3.55. The Labute approximate surface area is 60.9 Å². The van der Waals surface area contributed by atoms with Crippen LogP contribution in [-0.4, -0.2) is 33.2 Å². The first-order chi connectivity index (χ1) is 4.39. The zero-order chi connectivity index (χ0) is 8.36. The zero-order valence-corrected chi connectivity index (χ0v) is 7.32. The summed E-state index contributed by atoms with van der Waals surface area (Å²) in [6.45, 7) is -3.96. The molecule has 0 aromatic heterocycles. The molecule has 0 radical (unpaired) electrons. The van der Waals surface area contributed by atoms with Crippen molar-refractivity contribution in [2.75, 3.05) is 13.3 Å². The molecule has 1 amide bonds. The second kappa shape index (κ2) is 3.50. The van der Waals surface area contributed by atoms with Crippen molar-refractivity contribution in [2.24, 2.45) is 0 Å². The molecule has 1 unspecified atom stereocenters. The van der Waals surface area contributed by atoms with Gasteiger partial charge in [-0.05, 0) is 16.3 Å². The third kappa shape index (κ3) is 2.81. The van der Waals surface area contributed by atoms with Gasteiger partial charge in [0.05, 0.1) is 0 Å². The molecule has 0 saturated carbocycles. The lowest BCUT2D eigenvalue weighted by Crippen LogP contribution is -2.20. The van der Waals surface area contributed by atoms with Gasteiger partial charge in [0.1, 0.15) is 0 Å². The molecule has 10 heavy (non-hydrogen) atoms. The van der Waals surface area contributed by atoms with Crippen molar-refractivity contribution >= 4 is 22.0 Å². The van der Waals surface area contributed by atoms with E-state index in [4.69, 9.17) is 14.7 Å². The maximum atomic E-state index is 10.6. The number of carbonyl (C=O) groups excluding carboxylic acids is 1. The highest BCUT2D eigenvalue weighted by Gasteiger charge is 2.13. The van der Waals surface area contributed by atoms with Crippen molar-refractivity contribution in [3.05, 3.63) is 0 Å². The molecule has 5 nitrogen and oxygen atoms in total. The Morgan fingerprint density at radius 2 is 1.90 bits per heavy atom. The second-order valence-electron chi connectivity index (χ2n) is 1.53. The summed E-state index contributed by atoms with van der Waals surface area (Å²) >= 11 is 0. The summed E-state index contributed by atoms with van der Waals surface area (Å²) in [4.78, 5) is 36.3. The van der Waals surface area contributed by atoms with Gasteiger partial charge in [0, 0.05) is 7.05 Å². The maximum absolute atomic E-state index is 10.6. The van der Waals surface area contributed by atoms with Gasteiger partial charge >= 0.3 is 0 Å². The number of hydrogen-bond acceptors (Lipinski definition) is 1. The molecule has 62 valence electrons. The topological polar surface area (TPSA) is 89.8 Å². The van der Waals surface area contributed by atoms with Crippen molar-refractivity contribution in [3.8, 4) is 0 Å². The fourth-order valence-corrected chi connectivity index (χ4v) is 1.72. The van der Waals surface area contributed by atoms with Gasteiger partial charge in [0.15, 0.2) is 0 Å². The maximum Gasteiger partial charge on any atom is 0.285 e. The zero-order valence-electron chi connectivity index (χ0n) is 5.61. The smallest absolute Gasteiger partial charge is 0.285 e. The van der Waals surface area contributed by atoms with E-state index in [1.54, 1.807) is 0 Å². The molecule has 7 heteroatoms. The Morgan fingerprint density at radius 3 is 2.00 bits per heavy atom. The Hall–Kier alpha value is 0.130. The number of amides is 1. The van der Waals surface area contributed by atoms with Crippen LogP contribution in [0.1, 0.15) is 0 Å². The van der Waals surface area contributed by atoms with Gasteiger partial charge in [-0.3, -0.25) is 4.79 Å². The number of carbonyl (C=O) groups is 1. The van der Waals surface area contributed by atoms with E-state index in [1.165, 1.54) is 13.3 Å². The van der Waals surface area contributed by atoms with Crippen LogP contribution in [0.3, 0.4) is 0 Å². The Morgan fingerprint density at radius 1 is 1.50 bits per heavy atom. The van der Waals surface area contributed by atoms with Crippen molar-refractivity contribution in [3.63, 3.8) is 0 Å².